The van der Waals surface area contributed by atoms with Crippen molar-refractivity contribution in [3.63, 3.8) is 0 Å². The lowest BCUT2D eigenvalue weighted by atomic mass is 9.96. The van der Waals surface area contributed by atoms with E-state index in [1.807, 2.05) is 29.1 Å². The molecule has 2 aromatic rings. The van der Waals surface area contributed by atoms with Gasteiger partial charge >= 0.3 is 0 Å². The Morgan fingerprint density at radius 2 is 2.09 bits per heavy atom. The van der Waals surface area contributed by atoms with E-state index in [0.717, 1.165) is 18.7 Å². The molecule has 2 atom stereocenters. The Morgan fingerprint density at radius 1 is 1.30 bits per heavy atom. The van der Waals surface area contributed by atoms with Crippen LogP contribution in [-0.2, 0) is 17.7 Å². The number of ether oxygens (including phenoxy) is 1. The van der Waals surface area contributed by atoms with Gasteiger partial charge in [0.1, 0.15) is 0 Å². The van der Waals surface area contributed by atoms with Crippen LogP contribution in [0.4, 0.5) is 0 Å². The van der Waals surface area contributed by atoms with Gasteiger partial charge in [0.15, 0.2) is 0 Å². The summed E-state index contributed by atoms with van der Waals surface area (Å²) in [6.45, 7) is 3.05. The van der Waals surface area contributed by atoms with E-state index >= 15 is 0 Å². The molecule has 0 aliphatic rings. The lowest BCUT2D eigenvalue weighted by molar-refractivity contribution is 0.0741. The summed E-state index contributed by atoms with van der Waals surface area (Å²) in [5, 5.41) is 16.9. The Morgan fingerprint density at radius 3 is 2.78 bits per heavy atom. The van der Waals surface area contributed by atoms with Crippen molar-refractivity contribution in [2.75, 3.05) is 13.7 Å². The van der Waals surface area contributed by atoms with Crippen LogP contribution in [0, 0.1) is 5.92 Å². The molecule has 5 heteroatoms. The van der Waals surface area contributed by atoms with E-state index in [-0.39, 0.29) is 12.7 Å². The van der Waals surface area contributed by atoms with Crippen LogP contribution in [0.25, 0.3) is 0 Å². The van der Waals surface area contributed by atoms with E-state index in [2.05, 4.69) is 41.5 Å². The maximum atomic E-state index is 8.87. The van der Waals surface area contributed by atoms with Crippen LogP contribution in [0.15, 0.2) is 48.7 Å². The molecule has 1 aromatic carbocycles. The number of hydrogen-bond acceptors (Lipinski definition) is 4. The first-order valence-corrected chi connectivity index (χ1v) is 7.99. The second-order valence-electron chi connectivity index (χ2n) is 5.59. The number of aliphatic hydroxyl groups is 1. The molecule has 0 unspecified atom stereocenters. The fourth-order valence-corrected chi connectivity index (χ4v) is 2.59. The Bertz CT molecular complexity index is 595. The molecule has 0 saturated heterocycles. The summed E-state index contributed by atoms with van der Waals surface area (Å²) in [4.78, 5) is 0. The first kappa shape index (κ1) is 17.4. The van der Waals surface area contributed by atoms with Crippen molar-refractivity contribution in [2.24, 2.45) is 5.92 Å². The molecule has 0 radical (unpaired) electrons. The number of aryl methyl sites for hydroxylation is 1. The van der Waals surface area contributed by atoms with Gasteiger partial charge in [-0.15, -0.1) is 5.10 Å². The van der Waals surface area contributed by atoms with Gasteiger partial charge in [0.25, 0.3) is 0 Å². The molecule has 5 nitrogen and oxygen atoms in total. The number of benzene rings is 1. The topological polar surface area (TPSA) is 60.2 Å². The predicted molar refractivity (Wildman–Crippen MR) is 89.9 cm³/mol. The van der Waals surface area contributed by atoms with Crippen molar-refractivity contribution in [1.82, 2.24) is 15.0 Å². The average Bonchev–Trinajstić information content (AvgIpc) is 3.01. The minimum Gasteiger partial charge on any atom is -0.396 e. The van der Waals surface area contributed by atoms with Gasteiger partial charge < -0.3 is 9.84 Å². The van der Waals surface area contributed by atoms with Crippen molar-refractivity contribution in [1.29, 1.82) is 0 Å². The van der Waals surface area contributed by atoms with Crippen molar-refractivity contribution in [3.8, 4) is 0 Å². The Kier molecular flexibility index (Phi) is 6.97. The smallest absolute Gasteiger partial charge is 0.0880 e. The van der Waals surface area contributed by atoms with Gasteiger partial charge in [-0.2, -0.15) is 0 Å². The van der Waals surface area contributed by atoms with Gasteiger partial charge in [-0.25, -0.2) is 0 Å². The van der Waals surface area contributed by atoms with E-state index in [9.17, 15) is 0 Å². The highest BCUT2D eigenvalue weighted by Crippen LogP contribution is 2.26. The lowest BCUT2D eigenvalue weighted by Gasteiger charge is -2.20. The van der Waals surface area contributed by atoms with E-state index < -0.39 is 0 Å². The number of aliphatic hydroxyl groups excluding tert-OH is 1. The Labute approximate surface area is 137 Å². The molecule has 1 heterocycles. The standard InChI is InChI=1S/C18H25N3O2/c1-15(18(23-2)16-9-4-3-5-10-16)8-6-7-12-21-14-17(11-13-22)19-20-21/h3-6,8-10,14-15,18,22H,7,11-13H2,1-2H3/b8-6+/t15-,18+/m1/s1. The summed E-state index contributed by atoms with van der Waals surface area (Å²) >= 11 is 0. The Hall–Kier alpha value is -1.98. The summed E-state index contributed by atoms with van der Waals surface area (Å²) in [5.74, 6) is 0.295. The molecular weight excluding hydrogens is 290 g/mol. The van der Waals surface area contributed by atoms with Crippen LogP contribution < -0.4 is 0 Å². The molecule has 2 rings (SSSR count). The molecule has 0 spiro atoms. The largest absolute Gasteiger partial charge is 0.396 e. The minimum atomic E-state index is 0.0648. The van der Waals surface area contributed by atoms with E-state index in [0.29, 0.717) is 12.3 Å². The summed E-state index contributed by atoms with van der Waals surface area (Å²) in [6, 6.07) is 10.3. The van der Waals surface area contributed by atoms with Gasteiger partial charge in [0.2, 0.25) is 0 Å². The predicted octanol–water partition coefficient (Wildman–Crippen LogP) is 2.78. The third kappa shape index (κ3) is 5.30. The third-order valence-electron chi connectivity index (χ3n) is 3.78. The second kappa shape index (κ2) is 9.22. The maximum absolute atomic E-state index is 8.87. The molecule has 0 bridgehead atoms. The Balaban J connectivity index is 1.83. The number of rotatable bonds is 9. The average molecular weight is 315 g/mol. The maximum Gasteiger partial charge on any atom is 0.0880 e. The fourth-order valence-electron chi connectivity index (χ4n) is 2.59. The minimum absolute atomic E-state index is 0.0648. The normalized spacial score (nSPS) is 14.2. The zero-order chi connectivity index (χ0) is 16.5. The molecule has 0 fully saturated rings. The highest BCUT2D eigenvalue weighted by molar-refractivity contribution is 5.19. The number of nitrogens with zero attached hydrogens (tertiary/aromatic N) is 3. The molecule has 23 heavy (non-hydrogen) atoms. The van der Waals surface area contributed by atoms with Crippen molar-refractivity contribution >= 4 is 0 Å². The van der Waals surface area contributed by atoms with E-state index in [1.165, 1.54) is 5.56 Å². The van der Waals surface area contributed by atoms with Gasteiger partial charge in [-0.3, -0.25) is 4.68 Å². The molecule has 0 amide bonds. The molecule has 0 aliphatic heterocycles. The van der Waals surface area contributed by atoms with Crippen LogP contribution in [0.3, 0.4) is 0 Å². The summed E-state index contributed by atoms with van der Waals surface area (Å²) < 4.78 is 7.45. The number of allylic oxidation sites excluding steroid dienone is 1. The van der Waals surface area contributed by atoms with E-state index in [1.54, 1.807) is 7.11 Å². The number of methoxy groups -OCH3 is 1. The van der Waals surface area contributed by atoms with Crippen LogP contribution in [0.2, 0.25) is 0 Å². The molecule has 0 aliphatic carbocycles. The van der Waals surface area contributed by atoms with Crippen molar-refractivity contribution < 1.29 is 9.84 Å². The first-order chi connectivity index (χ1) is 11.2. The van der Waals surface area contributed by atoms with Gasteiger partial charge in [-0.1, -0.05) is 54.6 Å². The lowest BCUT2D eigenvalue weighted by Crippen LogP contribution is -2.10. The number of aromatic nitrogens is 3. The molecule has 1 aromatic heterocycles. The van der Waals surface area contributed by atoms with Crippen LogP contribution >= 0.6 is 0 Å². The van der Waals surface area contributed by atoms with Gasteiger partial charge in [0.05, 0.1) is 11.8 Å². The zero-order valence-electron chi connectivity index (χ0n) is 13.8. The highest BCUT2D eigenvalue weighted by atomic mass is 16.5. The van der Waals surface area contributed by atoms with Gasteiger partial charge in [0, 0.05) is 38.8 Å². The van der Waals surface area contributed by atoms with Crippen molar-refractivity contribution in [2.45, 2.75) is 32.4 Å². The molecule has 1 N–H and O–H groups in total. The summed E-state index contributed by atoms with van der Waals surface area (Å²) in [7, 11) is 1.75. The summed E-state index contributed by atoms with van der Waals surface area (Å²) in [6.07, 6.45) is 7.74. The van der Waals surface area contributed by atoms with Gasteiger partial charge in [-0.05, 0) is 12.0 Å². The third-order valence-corrected chi connectivity index (χ3v) is 3.78. The zero-order valence-corrected chi connectivity index (χ0v) is 13.8. The number of hydrogen-bond donors (Lipinski definition) is 1. The first-order valence-electron chi connectivity index (χ1n) is 7.99. The van der Waals surface area contributed by atoms with Crippen LogP contribution in [0.5, 0.6) is 0 Å². The quantitative estimate of drug-likeness (QED) is 0.723. The highest BCUT2D eigenvalue weighted by Gasteiger charge is 2.15. The molecule has 0 saturated carbocycles. The fraction of sp³-hybridized carbons (Fsp3) is 0.444. The SMILES string of the molecule is CO[C@H](c1ccccc1)[C@H](C)/C=C/CCn1cc(CCO)nn1. The second-order valence-corrected chi connectivity index (χ2v) is 5.59. The van der Waals surface area contributed by atoms with E-state index in [4.69, 9.17) is 9.84 Å². The summed E-state index contributed by atoms with van der Waals surface area (Å²) in [5.41, 5.74) is 2.02. The van der Waals surface area contributed by atoms with Crippen LogP contribution in [0.1, 0.15) is 30.7 Å². The molecule has 124 valence electrons. The monoisotopic (exact) mass is 315 g/mol. The van der Waals surface area contributed by atoms with Crippen LogP contribution in [-0.4, -0.2) is 33.8 Å². The van der Waals surface area contributed by atoms with Crippen molar-refractivity contribution in [3.05, 3.63) is 59.9 Å². The molecular formula is C18H25N3O2.